The standard InChI is InChI=1S/C25H25FN2O2S/c26-22-10-6-11-23(13-22)31(29,30)28-16-20-9-4-5-12-24(20)25-18-27(15-21(25)17-28)14-19-7-2-1-3-8-19/h1-13,21,25H,14-18H2/t21-,25?/m0/s1. The summed E-state index contributed by atoms with van der Waals surface area (Å²) in [7, 11) is -3.79. The SMILES string of the molecule is O=S(=O)(c1cccc(F)c1)N1Cc2ccccc2C2CN(Cc3ccccc3)C[C@H]2C1. The lowest BCUT2D eigenvalue weighted by molar-refractivity contribution is 0.293. The summed E-state index contributed by atoms with van der Waals surface area (Å²) in [6, 6.07) is 23.8. The second kappa shape index (κ2) is 8.19. The Morgan fingerprint density at radius 3 is 2.45 bits per heavy atom. The smallest absolute Gasteiger partial charge is 0.243 e. The van der Waals surface area contributed by atoms with E-state index in [1.54, 1.807) is 0 Å². The van der Waals surface area contributed by atoms with Gasteiger partial charge in [-0.05, 0) is 40.8 Å². The van der Waals surface area contributed by atoms with Crippen LogP contribution in [0.3, 0.4) is 0 Å². The van der Waals surface area contributed by atoms with Crippen molar-refractivity contribution in [3.05, 3.63) is 101 Å². The molecule has 2 atom stereocenters. The van der Waals surface area contributed by atoms with Crippen molar-refractivity contribution in [1.29, 1.82) is 0 Å². The predicted octanol–water partition coefficient (Wildman–Crippen LogP) is 4.25. The summed E-state index contributed by atoms with van der Waals surface area (Å²) in [6.07, 6.45) is 0. The number of hydrogen-bond acceptors (Lipinski definition) is 3. The van der Waals surface area contributed by atoms with E-state index in [0.717, 1.165) is 31.3 Å². The number of hydrogen-bond donors (Lipinski definition) is 0. The number of fused-ring (bicyclic) bond motifs is 3. The van der Waals surface area contributed by atoms with Crippen LogP contribution in [0.5, 0.6) is 0 Å². The fraction of sp³-hybridized carbons (Fsp3) is 0.280. The van der Waals surface area contributed by atoms with E-state index in [1.165, 1.54) is 33.6 Å². The van der Waals surface area contributed by atoms with E-state index in [2.05, 4.69) is 23.1 Å². The van der Waals surface area contributed by atoms with E-state index < -0.39 is 15.8 Å². The lowest BCUT2D eigenvalue weighted by Crippen LogP contribution is -2.35. The predicted molar refractivity (Wildman–Crippen MR) is 118 cm³/mol. The Morgan fingerprint density at radius 1 is 0.871 bits per heavy atom. The normalized spacial score (nSPS) is 22.0. The molecular weight excluding hydrogens is 411 g/mol. The van der Waals surface area contributed by atoms with E-state index >= 15 is 0 Å². The number of rotatable bonds is 4. The van der Waals surface area contributed by atoms with Crippen LogP contribution in [0.2, 0.25) is 0 Å². The Balaban J connectivity index is 1.47. The van der Waals surface area contributed by atoms with Crippen molar-refractivity contribution >= 4 is 10.0 Å². The molecule has 6 heteroatoms. The molecule has 0 spiro atoms. The molecule has 160 valence electrons. The maximum Gasteiger partial charge on any atom is 0.243 e. The molecule has 0 aromatic heterocycles. The van der Waals surface area contributed by atoms with Crippen LogP contribution in [0.4, 0.5) is 4.39 Å². The molecule has 1 unspecified atom stereocenters. The quantitative estimate of drug-likeness (QED) is 0.614. The van der Waals surface area contributed by atoms with Crippen molar-refractivity contribution in [1.82, 2.24) is 9.21 Å². The average Bonchev–Trinajstić information content (AvgIpc) is 3.09. The first-order chi connectivity index (χ1) is 15.0. The first kappa shape index (κ1) is 20.4. The van der Waals surface area contributed by atoms with Gasteiger partial charge in [0.1, 0.15) is 5.82 Å². The molecule has 2 aliphatic rings. The molecule has 0 bridgehead atoms. The van der Waals surface area contributed by atoms with Crippen LogP contribution in [0.25, 0.3) is 0 Å². The molecule has 0 N–H and O–H groups in total. The molecule has 0 amide bonds. The summed E-state index contributed by atoms with van der Waals surface area (Å²) in [6.45, 7) is 3.35. The summed E-state index contributed by atoms with van der Waals surface area (Å²) in [5, 5.41) is 0. The molecule has 4 nitrogen and oxygen atoms in total. The lowest BCUT2D eigenvalue weighted by Gasteiger charge is -2.24. The highest BCUT2D eigenvalue weighted by Gasteiger charge is 2.41. The van der Waals surface area contributed by atoms with Crippen LogP contribution < -0.4 is 0 Å². The van der Waals surface area contributed by atoms with Crippen LogP contribution in [0.15, 0.2) is 83.8 Å². The van der Waals surface area contributed by atoms with Crippen molar-refractivity contribution in [3.8, 4) is 0 Å². The minimum Gasteiger partial charge on any atom is -0.298 e. The third kappa shape index (κ3) is 4.03. The van der Waals surface area contributed by atoms with E-state index in [1.807, 2.05) is 36.4 Å². The summed E-state index contributed by atoms with van der Waals surface area (Å²) < 4.78 is 42.1. The van der Waals surface area contributed by atoms with Crippen molar-refractivity contribution in [3.63, 3.8) is 0 Å². The van der Waals surface area contributed by atoms with Gasteiger partial charge in [-0.15, -0.1) is 0 Å². The molecule has 3 aromatic rings. The summed E-state index contributed by atoms with van der Waals surface area (Å²) in [5.41, 5.74) is 3.54. The fourth-order valence-electron chi connectivity index (χ4n) is 4.98. The van der Waals surface area contributed by atoms with Gasteiger partial charge in [0.2, 0.25) is 10.0 Å². The molecule has 0 saturated carbocycles. The second-order valence-electron chi connectivity index (χ2n) is 8.50. The van der Waals surface area contributed by atoms with Gasteiger partial charge in [0.15, 0.2) is 0 Å². The van der Waals surface area contributed by atoms with Gasteiger partial charge in [-0.1, -0.05) is 60.7 Å². The van der Waals surface area contributed by atoms with Gasteiger partial charge in [-0.2, -0.15) is 4.31 Å². The highest BCUT2D eigenvalue weighted by atomic mass is 32.2. The van der Waals surface area contributed by atoms with Gasteiger partial charge in [0, 0.05) is 38.6 Å². The van der Waals surface area contributed by atoms with Gasteiger partial charge in [0.05, 0.1) is 4.90 Å². The molecule has 1 saturated heterocycles. The maximum atomic E-state index is 13.8. The maximum absolute atomic E-state index is 13.8. The van der Waals surface area contributed by atoms with Gasteiger partial charge < -0.3 is 0 Å². The molecule has 2 aliphatic heterocycles. The van der Waals surface area contributed by atoms with Crippen molar-refractivity contribution in [2.45, 2.75) is 23.9 Å². The lowest BCUT2D eigenvalue weighted by atomic mass is 9.87. The van der Waals surface area contributed by atoms with Crippen LogP contribution in [0, 0.1) is 11.7 Å². The zero-order valence-corrected chi connectivity index (χ0v) is 18.0. The van der Waals surface area contributed by atoms with Gasteiger partial charge in [-0.25, -0.2) is 12.8 Å². The first-order valence-electron chi connectivity index (χ1n) is 10.6. The summed E-state index contributed by atoms with van der Waals surface area (Å²) >= 11 is 0. The van der Waals surface area contributed by atoms with Crippen LogP contribution in [-0.4, -0.2) is 37.3 Å². The van der Waals surface area contributed by atoms with Crippen molar-refractivity contribution < 1.29 is 12.8 Å². The molecule has 1 fully saturated rings. The minimum absolute atomic E-state index is 0.0163. The van der Waals surface area contributed by atoms with Crippen LogP contribution in [-0.2, 0) is 23.1 Å². The summed E-state index contributed by atoms with van der Waals surface area (Å²) in [4.78, 5) is 2.43. The van der Waals surface area contributed by atoms with Gasteiger partial charge in [0.25, 0.3) is 0 Å². The number of benzene rings is 3. The molecule has 5 rings (SSSR count). The zero-order valence-electron chi connectivity index (χ0n) is 17.2. The highest BCUT2D eigenvalue weighted by Crippen LogP contribution is 2.40. The zero-order chi connectivity index (χ0) is 21.4. The minimum atomic E-state index is -3.79. The Morgan fingerprint density at radius 2 is 1.65 bits per heavy atom. The molecular formula is C25H25FN2O2S. The van der Waals surface area contributed by atoms with Crippen molar-refractivity contribution in [2.24, 2.45) is 5.92 Å². The first-order valence-corrected chi connectivity index (χ1v) is 12.0. The molecule has 31 heavy (non-hydrogen) atoms. The van der Waals surface area contributed by atoms with E-state index in [9.17, 15) is 12.8 Å². The Hall–Kier alpha value is -2.54. The van der Waals surface area contributed by atoms with Crippen LogP contribution >= 0.6 is 0 Å². The highest BCUT2D eigenvalue weighted by molar-refractivity contribution is 7.89. The number of halogens is 1. The largest absolute Gasteiger partial charge is 0.298 e. The molecule has 0 radical (unpaired) electrons. The number of nitrogens with zero attached hydrogens (tertiary/aromatic N) is 2. The van der Waals surface area contributed by atoms with E-state index in [0.29, 0.717) is 13.1 Å². The van der Waals surface area contributed by atoms with E-state index in [4.69, 9.17) is 0 Å². The molecule has 0 aliphatic carbocycles. The Bertz CT molecular complexity index is 1180. The number of sulfonamides is 1. The Kier molecular flexibility index (Phi) is 5.38. The third-order valence-corrected chi connectivity index (χ3v) is 8.25. The monoisotopic (exact) mass is 436 g/mol. The molecule has 3 aromatic carbocycles. The molecule has 2 heterocycles. The second-order valence-corrected chi connectivity index (χ2v) is 10.4. The Labute approximate surface area is 183 Å². The number of likely N-dealkylation sites (tertiary alicyclic amines) is 1. The van der Waals surface area contributed by atoms with Crippen LogP contribution in [0.1, 0.15) is 22.6 Å². The topological polar surface area (TPSA) is 40.6 Å². The summed E-state index contributed by atoms with van der Waals surface area (Å²) in [5.74, 6) is -0.0626. The average molecular weight is 437 g/mol. The van der Waals surface area contributed by atoms with Crippen molar-refractivity contribution in [2.75, 3.05) is 19.6 Å². The third-order valence-electron chi connectivity index (χ3n) is 6.44. The fourth-order valence-corrected chi connectivity index (χ4v) is 6.49. The van der Waals surface area contributed by atoms with Gasteiger partial charge >= 0.3 is 0 Å². The van der Waals surface area contributed by atoms with Gasteiger partial charge in [-0.3, -0.25) is 4.90 Å². The van der Waals surface area contributed by atoms with E-state index in [-0.39, 0.29) is 16.7 Å².